The van der Waals surface area contributed by atoms with Crippen LogP contribution in [0.2, 0.25) is 0 Å². The minimum atomic E-state index is -0.144. The number of hydrogen-bond donors (Lipinski definition) is 1. The fraction of sp³-hybridized carbons (Fsp3) is 0.429. The highest BCUT2D eigenvalue weighted by Crippen LogP contribution is 2.12. The molecule has 5 nitrogen and oxygen atoms in total. The molecule has 1 aliphatic rings. The normalized spacial score (nSPS) is 15.5. The van der Waals surface area contributed by atoms with E-state index in [9.17, 15) is 4.79 Å². The maximum absolute atomic E-state index is 11.7. The van der Waals surface area contributed by atoms with Crippen LogP contribution in [-0.2, 0) is 9.53 Å². The van der Waals surface area contributed by atoms with Gasteiger partial charge in [-0.1, -0.05) is 6.07 Å². The third-order valence-electron chi connectivity index (χ3n) is 2.92. The lowest BCUT2D eigenvalue weighted by atomic mass is 10.1. The third kappa shape index (κ3) is 4.27. The van der Waals surface area contributed by atoms with Crippen molar-refractivity contribution in [2.24, 2.45) is 0 Å². The van der Waals surface area contributed by atoms with Gasteiger partial charge in [0.2, 0.25) is 0 Å². The Labute approximate surface area is 112 Å². The van der Waals surface area contributed by atoms with Crippen LogP contribution in [-0.4, -0.2) is 31.8 Å². The summed E-state index contributed by atoms with van der Waals surface area (Å²) in [5.74, 6) is 0.385. The predicted octanol–water partition coefficient (Wildman–Crippen LogP) is 1.23. The number of nitrogens with zero attached hydrogens (tertiary/aromatic N) is 1. The molecule has 0 spiro atoms. The van der Waals surface area contributed by atoms with Gasteiger partial charge in [-0.05, 0) is 31.0 Å². The number of nitriles is 1. The summed E-state index contributed by atoms with van der Waals surface area (Å²) in [6.45, 7) is 1.35. The van der Waals surface area contributed by atoms with Crippen LogP contribution in [0.25, 0.3) is 0 Å². The molecule has 19 heavy (non-hydrogen) atoms. The quantitative estimate of drug-likeness (QED) is 0.884. The molecule has 0 saturated carbocycles. The van der Waals surface area contributed by atoms with Crippen molar-refractivity contribution in [2.45, 2.75) is 18.9 Å². The van der Waals surface area contributed by atoms with Crippen molar-refractivity contribution in [3.05, 3.63) is 29.8 Å². The van der Waals surface area contributed by atoms with E-state index < -0.39 is 0 Å². The summed E-state index contributed by atoms with van der Waals surface area (Å²) in [5, 5.41) is 11.7. The number of carbonyl (C=O) groups is 1. The molecule has 0 radical (unpaired) electrons. The molecular formula is C14H16N2O3. The molecule has 0 bridgehead atoms. The average Bonchev–Trinajstić information content (AvgIpc) is 2.46. The summed E-state index contributed by atoms with van der Waals surface area (Å²) in [6, 6.07) is 8.96. The van der Waals surface area contributed by atoms with E-state index in [1.54, 1.807) is 24.3 Å². The van der Waals surface area contributed by atoms with Crippen molar-refractivity contribution in [1.29, 1.82) is 5.26 Å². The Morgan fingerprint density at radius 2 is 2.26 bits per heavy atom. The zero-order valence-electron chi connectivity index (χ0n) is 10.6. The molecule has 5 heteroatoms. The Kier molecular flexibility index (Phi) is 4.76. The largest absolute Gasteiger partial charge is 0.484 e. The smallest absolute Gasteiger partial charge is 0.258 e. The fourth-order valence-electron chi connectivity index (χ4n) is 1.92. The van der Waals surface area contributed by atoms with E-state index in [-0.39, 0.29) is 18.6 Å². The molecule has 0 aromatic heterocycles. The van der Waals surface area contributed by atoms with Crippen molar-refractivity contribution in [3.63, 3.8) is 0 Å². The first kappa shape index (κ1) is 13.4. The minimum Gasteiger partial charge on any atom is -0.484 e. The molecule has 2 rings (SSSR count). The first-order valence-electron chi connectivity index (χ1n) is 6.28. The predicted molar refractivity (Wildman–Crippen MR) is 68.6 cm³/mol. The second kappa shape index (κ2) is 6.76. The summed E-state index contributed by atoms with van der Waals surface area (Å²) in [7, 11) is 0. The number of carbonyl (C=O) groups excluding carboxylic acids is 1. The molecule has 1 amide bonds. The number of benzene rings is 1. The van der Waals surface area contributed by atoms with Gasteiger partial charge in [0.05, 0.1) is 11.6 Å². The molecule has 1 fully saturated rings. The van der Waals surface area contributed by atoms with Gasteiger partial charge in [-0.3, -0.25) is 4.79 Å². The molecule has 1 aliphatic heterocycles. The Bertz CT molecular complexity index is 476. The van der Waals surface area contributed by atoms with E-state index >= 15 is 0 Å². The molecule has 100 valence electrons. The van der Waals surface area contributed by atoms with Crippen LogP contribution < -0.4 is 10.1 Å². The summed E-state index contributed by atoms with van der Waals surface area (Å²) in [5.41, 5.74) is 0.516. The van der Waals surface area contributed by atoms with Crippen LogP contribution in [0.3, 0.4) is 0 Å². The molecule has 1 saturated heterocycles. The van der Waals surface area contributed by atoms with Crippen LogP contribution in [0, 0.1) is 11.3 Å². The number of amides is 1. The van der Waals surface area contributed by atoms with Gasteiger partial charge in [0.1, 0.15) is 5.75 Å². The van der Waals surface area contributed by atoms with Crippen molar-refractivity contribution >= 4 is 5.91 Å². The fourth-order valence-corrected chi connectivity index (χ4v) is 1.92. The number of hydrogen-bond acceptors (Lipinski definition) is 4. The Hall–Kier alpha value is -2.06. The number of rotatable bonds is 4. The Morgan fingerprint density at radius 3 is 3.00 bits per heavy atom. The Morgan fingerprint density at radius 1 is 1.47 bits per heavy atom. The van der Waals surface area contributed by atoms with Gasteiger partial charge >= 0.3 is 0 Å². The highest BCUT2D eigenvalue weighted by molar-refractivity contribution is 5.77. The molecule has 1 heterocycles. The van der Waals surface area contributed by atoms with E-state index in [0.717, 1.165) is 12.8 Å². The van der Waals surface area contributed by atoms with Crippen LogP contribution in [0.15, 0.2) is 24.3 Å². The minimum absolute atomic E-state index is 0.0355. The van der Waals surface area contributed by atoms with Crippen LogP contribution >= 0.6 is 0 Å². The average molecular weight is 260 g/mol. The van der Waals surface area contributed by atoms with E-state index in [1.807, 2.05) is 6.07 Å². The van der Waals surface area contributed by atoms with Crippen LogP contribution in [0.1, 0.15) is 18.4 Å². The lowest BCUT2D eigenvalue weighted by molar-refractivity contribution is -0.124. The number of nitrogens with one attached hydrogen (secondary N) is 1. The van der Waals surface area contributed by atoms with Crippen molar-refractivity contribution in [3.8, 4) is 11.8 Å². The third-order valence-corrected chi connectivity index (χ3v) is 2.92. The monoisotopic (exact) mass is 260 g/mol. The van der Waals surface area contributed by atoms with Gasteiger partial charge in [-0.2, -0.15) is 5.26 Å². The van der Waals surface area contributed by atoms with E-state index in [4.69, 9.17) is 14.7 Å². The zero-order chi connectivity index (χ0) is 13.5. The summed E-state index contributed by atoms with van der Waals surface area (Å²) in [6.07, 6.45) is 1.69. The van der Waals surface area contributed by atoms with Gasteiger partial charge in [-0.15, -0.1) is 0 Å². The second-order valence-electron chi connectivity index (χ2n) is 4.38. The van der Waals surface area contributed by atoms with E-state index in [0.29, 0.717) is 24.5 Å². The second-order valence-corrected chi connectivity index (χ2v) is 4.38. The lowest BCUT2D eigenvalue weighted by Gasteiger charge is -2.23. The highest BCUT2D eigenvalue weighted by atomic mass is 16.5. The molecule has 0 unspecified atom stereocenters. The Balaban J connectivity index is 1.78. The first-order chi connectivity index (χ1) is 9.28. The molecule has 1 aromatic rings. The van der Waals surface area contributed by atoms with E-state index in [2.05, 4.69) is 5.32 Å². The maximum atomic E-state index is 11.7. The van der Waals surface area contributed by atoms with Gasteiger partial charge in [0.15, 0.2) is 6.61 Å². The zero-order valence-corrected chi connectivity index (χ0v) is 10.6. The first-order valence-corrected chi connectivity index (χ1v) is 6.28. The molecule has 1 N–H and O–H groups in total. The van der Waals surface area contributed by atoms with E-state index in [1.165, 1.54) is 0 Å². The van der Waals surface area contributed by atoms with Gasteiger partial charge < -0.3 is 14.8 Å². The van der Waals surface area contributed by atoms with Crippen LogP contribution in [0.5, 0.6) is 5.75 Å². The summed E-state index contributed by atoms with van der Waals surface area (Å²) < 4.78 is 10.6. The molecule has 1 aromatic carbocycles. The van der Waals surface area contributed by atoms with Crippen LogP contribution in [0.4, 0.5) is 0 Å². The summed E-state index contributed by atoms with van der Waals surface area (Å²) >= 11 is 0. The van der Waals surface area contributed by atoms with Crippen molar-refractivity contribution in [1.82, 2.24) is 5.32 Å². The van der Waals surface area contributed by atoms with Crippen molar-refractivity contribution in [2.75, 3.05) is 19.8 Å². The standard InChI is InChI=1S/C14H16N2O3/c15-9-11-2-1-3-13(8-11)19-10-14(17)16-12-4-6-18-7-5-12/h1-3,8,12H,4-7,10H2,(H,16,17). The van der Waals surface area contributed by atoms with Gasteiger partial charge in [0, 0.05) is 19.3 Å². The molecule has 0 atom stereocenters. The number of ether oxygens (including phenoxy) is 2. The lowest BCUT2D eigenvalue weighted by Crippen LogP contribution is -2.41. The molecular weight excluding hydrogens is 244 g/mol. The maximum Gasteiger partial charge on any atom is 0.258 e. The summed E-state index contributed by atoms with van der Waals surface area (Å²) in [4.78, 5) is 11.7. The van der Waals surface area contributed by atoms with Crippen molar-refractivity contribution < 1.29 is 14.3 Å². The molecule has 0 aliphatic carbocycles. The highest BCUT2D eigenvalue weighted by Gasteiger charge is 2.16. The van der Waals surface area contributed by atoms with Gasteiger partial charge in [-0.25, -0.2) is 0 Å². The topological polar surface area (TPSA) is 71.3 Å². The van der Waals surface area contributed by atoms with Gasteiger partial charge in [0.25, 0.3) is 5.91 Å². The SMILES string of the molecule is N#Cc1cccc(OCC(=O)NC2CCOCC2)c1.